The SMILES string of the molecule is Cc1ccc(N)c(C(=O)c2cc(C)c(F)c(C)c2)c1. The first-order chi connectivity index (χ1) is 8.90. The second-order valence-corrected chi connectivity index (χ2v) is 4.84. The van der Waals surface area contributed by atoms with Crippen molar-refractivity contribution in [1.82, 2.24) is 0 Å². The zero-order chi connectivity index (χ0) is 14.2. The summed E-state index contributed by atoms with van der Waals surface area (Å²) in [5.41, 5.74) is 9.11. The summed E-state index contributed by atoms with van der Waals surface area (Å²) in [6.07, 6.45) is 0. The molecule has 2 aromatic carbocycles. The van der Waals surface area contributed by atoms with Gasteiger partial charge in [0.15, 0.2) is 5.78 Å². The number of ketones is 1. The predicted molar refractivity (Wildman–Crippen MR) is 74.9 cm³/mol. The largest absolute Gasteiger partial charge is 0.398 e. The van der Waals surface area contributed by atoms with Gasteiger partial charge in [-0.1, -0.05) is 11.6 Å². The summed E-state index contributed by atoms with van der Waals surface area (Å²) in [4.78, 5) is 12.4. The van der Waals surface area contributed by atoms with Crippen molar-refractivity contribution in [3.63, 3.8) is 0 Å². The van der Waals surface area contributed by atoms with Crippen molar-refractivity contribution in [3.05, 3.63) is 64.0 Å². The van der Waals surface area contributed by atoms with E-state index in [1.54, 1.807) is 38.1 Å². The molecule has 0 aliphatic carbocycles. The molecular weight excluding hydrogens is 241 g/mol. The maximum atomic E-state index is 13.6. The highest BCUT2D eigenvalue weighted by Gasteiger charge is 2.15. The van der Waals surface area contributed by atoms with Crippen molar-refractivity contribution in [3.8, 4) is 0 Å². The standard InChI is InChI=1S/C16H16FNO/c1-9-4-5-14(18)13(6-9)16(19)12-7-10(2)15(17)11(3)8-12/h4-8H,18H2,1-3H3. The number of hydrogen-bond acceptors (Lipinski definition) is 2. The van der Waals surface area contributed by atoms with Gasteiger partial charge in [-0.3, -0.25) is 4.79 Å². The molecule has 0 fully saturated rings. The molecule has 0 amide bonds. The number of carbonyl (C=O) groups excluding carboxylic acids is 1. The molecule has 0 radical (unpaired) electrons. The van der Waals surface area contributed by atoms with E-state index >= 15 is 0 Å². The molecule has 0 aliphatic heterocycles. The molecule has 0 saturated carbocycles. The zero-order valence-electron chi connectivity index (χ0n) is 11.3. The average molecular weight is 257 g/mol. The third kappa shape index (κ3) is 2.50. The van der Waals surface area contributed by atoms with E-state index in [0.717, 1.165) is 5.56 Å². The fraction of sp³-hybridized carbons (Fsp3) is 0.188. The Bertz CT molecular complexity index is 639. The molecule has 0 bridgehead atoms. The van der Waals surface area contributed by atoms with Gasteiger partial charge in [0.05, 0.1) is 0 Å². The Balaban J connectivity index is 2.53. The van der Waals surface area contributed by atoms with E-state index in [1.807, 2.05) is 13.0 Å². The minimum absolute atomic E-state index is 0.174. The number of aryl methyl sites for hydroxylation is 3. The molecule has 2 N–H and O–H groups in total. The monoisotopic (exact) mass is 257 g/mol. The molecule has 2 rings (SSSR count). The Morgan fingerprint density at radius 3 is 2.21 bits per heavy atom. The van der Waals surface area contributed by atoms with Gasteiger partial charge in [-0.15, -0.1) is 0 Å². The van der Waals surface area contributed by atoms with Gasteiger partial charge >= 0.3 is 0 Å². The normalized spacial score (nSPS) is 10.5. The topological polar surface area (TPSA) is 43.1 Å². The Morgan fingerprint density at radius 2 is 1.63 bits per heavy atom. The maximum Gasteiger partial charge on any atom is 0.195 e. The molecule has 0 spiro atoms. The van der Waals surface area contributed by atoms with E-state index in [4.69, 9.17) is 5.73 Å². The Hall–Kier alpha value is -2.16. The molecule has 3 heteroatoms. The number of carbonyl (C=O) groups is 1. The summed E-state index contributed by atoms with van der Waals surface area (Å²) < 4.78 is 13.6. The van der Waals surface area contributed by atoms with Crippen molar-refractivity contribution in [1.29, 1.82) is 0 Å². The first-order valence-corrected chi connectivity index (χ1v) is 6.07. The van der Waals surface area contributed by atoms with Crippen LogP contribution in [0.4, 0.5) is 10.1 Å². The van der Waals surface area contributed by atoms with Crippen LogP contribution >= 0.6 is 0 Å². The van der Waals surface area contributed by atoms with E-state index in [1.165, 1.54) is 0 Å². The van der Waals surface area contributed by atoms with Crippen LogP contribution in [0.1, 0.15) is 32.6 Å². The van der Waals surface area contributed by atoms with Gasteiger partial charge in [0.2, 0.25) is 0 Å². The minimum Gasteiger partial charge on any atom is -0.398 e. The molecule has 0 heterocycles. The van der Waals surface area contributed by atoms with Gasteiger partial charge in [0.25, 0.3) is 0 Å². The highest BCUT2D eigenvalue weighted by Crippen LogP contribution is 2.21. The summed E-state index contributed by atoms with van der Waals surface area (Å²) >= 11 is 0. The fourth-order valence-electron chi connectivity index (χ4n) is 2.10. The second-order valence-electron chi connectivity index (χ2n) is 4.84. The summed E-state index contributed by atoms with van der Waals surface area (Å²) in [5.74, 6) is -0.443. The molecule has 19 heavy (non-hydrogen) atoms. The molecule has 0 atom stereocenters. The van der Waals surface area contributed by atoms with E-state index < -0.39 is 0 Å². The average Bonchev–Trinajstić information content (AvgIpc) is 2.37. The van der Waals surface area contributed by atoms with Gasteiger partial charge in [-0.2, -0.15) is 0 Å². The lowest BCUT2D eigenvalue weighted by Gasteiger charge is -2.09. The summed E-state index contributed by atoms with van der Waals surface area (Å²) in [5, 5.41) is 0. The van der Waals surface area contributed by atoms with Gasteiger partial charge in [-0.05, 0) is 56.2 Å². The fourth-order valence-corrected chi connectivity index (χ4v) is 2.10. The second kappa shape index (κ2) is 4.84. The van der Waals surface area contributed by atoms with Crippen LogP contribution in [0, 0.1) is 26.6 Å². The lowest BCUT2D eigenvalue weighted by atomic mass is 9.97. The van der Waals surface area contributed by atoms with Gasteiger partial charge in [0.1, 0.15) is 5.82 Å². The van der Waals surface area contributed by atoms with E-state index in [9.17, 15) is 9.18 Å². The highest BCUT2D eigenvalue weighted by molar-refractivity contribution is 6.12. The van der Waals surface area contributed by atoms with Crippen LogP contribution in [-0.2, 0) is 0 Å². The smallest absolute Gasteiger partial charge is 0.195 e. The van der Waals surface area contributed by atoms with E-state index in [0.29, 0.717) is 27.9 Å². The number of anilines is 1. The van der Waals surface area contributed by atoms with Gasteiger partial charge in [-0.25, -0.2) is 4.39 Å². The molecule has 0 aromatic heterocycles. The molecule has 2 nitrogen and oxygen atoms in total. The van der Waals surface area contributed by atoms with Crippen molar-refractivity contribution >= 4 is 11.5 Å². The van der Waals surface area contributed by atoms with Crippen LogP contribution in [0.5, 0.6) is 0 Å². The first-order valence-electron chi connectivity index (χ1n) is 6.07. The van der Waals surface area contributed by atoms with Crippen molar-refractivity contribution in [2.45, 2.75) is 20.8 Å². The summed E-state index contributed by atoms with van der Waals surface area (Å²) in [7, 11) is 0. The van der Waals surface area contributed by atoms with Crippen LogP contribution in [-0.4, -0.2) is 5.78 Å². The number of nitrogen functional groups attached to an aromatic ring is 1. The third-order valence-corrected chi connectivity index (χ3v) is 3.15. The van der Waals surface area contributed by atoms with Crippen LogP contribution in [0.2, 0.25) is 0 Å². The Kier molecular flexibility index (Phi) is 3.38. The van der Waals surface area contributed by atoms with Crippen molar-refractivity contribution < 1.29 is 9.18 Å². The van der Waals surface area contributed by atoms with Gasteiger partial charge in [0, 0.05) is 16.8 Å². The Morgan fingerprint density at radius 1 is 1.05 bits per heavy atom. The molecular formula is C16H16FNO. The van der Waals surface area contributed by atoms with Crippen LogP contribution < -0.4 is 5.73 Å². The van der Waals surface area contributed by atoms with E-state index in [2.05, 4.69) is 0 Å². The minimum atomic E-state index is -0.270. The lowest BCUT2D eigenvalue weighted by molar-refractivity contribution is 0.103. The lowest BCUT2D eigenvalue weighted by Crippen LogP contribution is -2.07. The first kappa shape index (κ1) is 13.3. The molecule has 98 valence electrons. The molecule has 2 aromatic rings. The van der Waals surface area contributed by atoms with Crippen LogP contribution in [0.3, 0.4) is 0 Å². The summed E-state index contributed by atoms with van der Waals surface area (Å²) in [6.45, 7) is 5.20. The number of benzene rings is 2. The number of hydrogen-bond donors (Lipinski definition) is 1. The highest BCUT2D eigenvalue weighted by atomic mass is 19.1. The summed E-state index contributed by atoms with van der Waals surface area (Å²) in [6, 6.07) is 8.45. The van der Waals surface area contributed by atoms with Crippen molar-refractivity contribution in [2.75, 3.05) is 5.73 Å². The number of halogens is 1. The molecule has 0 saturated heterocycles. The van der Waals surface area contributed by atoms with Crippen LogP contribution in [0.25, 0.3) is 0 Å². The molecule has 0 aliphatic rings. The number of rotatable bonds is 2. The van der Waals surface area contributed by atoms with Gasteiger partial charge < -0.3 is 5.73 Å². The Labute approximate surface area is 112 Å². The maximum absolute atomic E-state index is 13.6. The predicted octanol–water partition coefficient (Wildman–Crippen LogP) is 3.56. The van der Waals surface area contributed by atoms with Crippen molar-refractivity contribution in [2.24, 2.45) is 0 Å². The zero-order valence-corrected chi connectivity index (χ0v) is 11.3. The molecule has 0 unspecified atom stereocenters. The van der Waals surface area contributed by atoms with Crippen LogP contribution in [0.15, 0.2) is 30.3 Å². The third-order valence-electron chi connectivity index (χ3n) is 3.15. The quantitative estimate of drug-likeness (QED) is 0.660. The van der Waals surface area contributed by atoms with E-state index in [-0.39, 0.29) is 11.6 Å². The number of nitrogens with two attached hydrogens (primary N) is 1.